The summed E-state index contributed by atoms with van der Waals surface area (Å²) in [6.45, 7) is 6.54. The number of nitriles is 1. The van der Waals surface area contributed by atoms with Gasteiger partial charge in [-0.25, -0.2) is 0 Å². The van der Waals surface area contributed by atoms with Crippen LogP contribution in [0.2, 0.25) is 0 Å². The molecule has 30 heavy (non-hydrogen) atoms. The van der Waals surface area contributed by atoms with Crippen molar-refractivity contribution in [1.82, 2.24) is 0 Å². The highest BCUT2D eigenvalue weighted by Crippen LogP contribution is 2.44. The van der Waals surface area contributed by atoms with Crippen molar-refractivity contribution in [2.75, 3.05) is 5.32 Å². The molecule has 1 aliphatic rings. The molecule has 0 fully saturated rings. The summed E-state index contributed by atoms with van der Waals surface area (Å²) < 4.78 is 0. The van der Waals surface area contributed by atoms with Crippen LogP contribution in [0.15, 0.2) is 18.2 Å². The molecule has 2 aromatic rings. The number of amides is 1. The van der Waals surface area contributed by atoms with Crippen LogP contribution in [-0.4, -0.2) is 15.8 Å². The fraction of sp³-hybridized carbons (Fsp3) is 0.400. The number of nitrogens with zero attached hydrogens (tertiary/aromatic N) is 3. The van der Waals surface area contributed by atoms with E-state index in [4.69, 9.17) is 0 Å². The summed E-state index contributed by atoms with van der Waals surface area (Å²) in [5.41, 5.74) is 0.152. The minimum Gasteiger partial charge on any atom is -0.312 e. The Hall–Kier alpha value is -3.32. The number of benzene rings is 1. The maximum absolute atomic E-state index is 12.7. The number of carbonyl (C=O) groups is 1. The zero-order chi connectivity index (χ0) is 22.2. The van der Waals surface area contributed by atoms with Crippen LogP contribution >= 0.6 is 11.3 Å². The summed E-state index contributed by atoms with van der Waals surface area (Å²) >= 11 is 1.33. The summed E-state index contributed by atoms with van der Waals surface area (Å²) in [7, 11) is 0. The first kappa shape index (κ1) is 21.4. The number of hydrogen-bond donors (Lipinski definition) is 1. The van der Waals surface area contributed by atoms with Crippen molar-refractivity contribution in [3.8, 4) is 6.07 Å². The van der Waals surface area contributed by atoms with Crippen LogP contribution < -0.4 is 5.32 Å². The minimum atomic E-state index is -0.791. The van der Waals surface area contributed by atoms with Gasteiger partial charge in [0.05, 0.1) is 27.0 Å². The van der Waals surface area contributed by atoms with Gasteiger partial charge in [0.25, 0.3) is 17.3 Å². The molecular weight excluding hydrogens is 408 g/mol. The molecule has 1 unspecified atom stereocenters. The van der Waals surface area contributed by atoms with Gasteiger partial charge in [0.15, 0.2) is 0 Å². The predicted octanol–water partition coefficient (Wildman–Crippen LogP) is 4.84. The third-order valence-corrected chi connectivity index (χ3v) is 6.59. The van der Waals surface area contributed by atoms with Gasteiger partial charge in [-0.15, -0.1) is 11.3 Å². The zero-order valence-corrected chi connectivity index (χ0v) is 17.5. The maximum Gasteiger partial charge on any atom is 0.277 e. The van der Waals surface area contributed by atoms with Crippen LogP contribution in [0, 0.1) is 42.9 Å². The Morgan fingerprint density at radius 2 is 1.80 bits per heavy atom. The molecule has 1 aliphatic carbocycles. The number of carbonyl (C=O) groups excluding carboxylic acids is 1. The lowest BCUT2D eigenvalue weighted by Gasteiger charge is -2.33. The third kappa shape index (κ3) is 4.16. The number of hydrogen-bond acceptors (Lipinski definition) is 7. The Labute approximate surface area is 176 Å². The molecule has 1 N–H and O–H groups in total. The van der Waals surface area contributed by atoms with Crippen LogP contribution in [-0.2, 0) is 12.8 Å². The molecular formula is C20H20N4O5S. The molecule has 156 valence electrons. The first-order chi connectivity index (χ1) is 14.0. The topological polar surface area (TPSA) is 139 Å². The molecule has 1 aromatic heterocycles. The van der Waals surface area contributed by atoms with E-state index in [0.29, 0.717) is 16.5 Å². The van der Waals surface area contributed by atoms with Crippen LogP contribution in [0.1, 0.15) is 53.6 Å². The summed E-state index contributed by atoms with van der Waals surface area (Å²) in [5.74, 6) is -0.276. The smallest absolute Gasteiger partial charge is 0.277 e. The number of nitro groups is 2. The molecule has 0 bridgehead atoms. The molecule has 1 heterocycles. The van der Waals surface area contributed by atoms with E-state index in [1.807, 2.05) is 0 Å². The highest BCUT2D eigenvalue weighted by molar-refractivity contribution is 7.16. The largest absolute Gasteiger partial charge is 0.312 e. The number of nitrogens with one attached hydrogen (secondary N) is 1. The first-order valence-corrected chi connectivity index (χ1v) is 10.1. The number of thiophene rings is 1. The Kier molecular flexibility index (Phi) is 5.59. The van der Waals surface area contributed by atoms with Crippen molar-refractivity contribution in [2.45, 2.75) is 40.0 Å². The van der Waals surface area contributed by atoms with E-state index in [1.54, 1.807) is 0 Å². The highest BCUT2D eigenvalue weighted by atomic mass is 32.1. The molecule has 0 spiro atoms. The second-order valence-corrected chi connectivity index (χ2v) is 9.44. The Morgan fingerprint density at radius 1 is 1.20 bits per heavy atom. The van der Waals surface area contributed by atoms with E-state index < -0.39 is 27.1 Å². The fourth-order valence-corrected chi connectivity index (χ4v) is 4.92. The molecule has 0 aliphatic heterocycles. The van der Waals surface area contributed by atoms with Gasteiger partial charge in [-0.2, -0.15) is 5.26 Å². The van der Waals surface area contributed by atoms with Crippen molar-refractivity contribution in [3.63, 3.8) is 0 Å². The van der Waals surface area contributed by atoms with E-state index in [9.17, 15) is 30.3 Å². The standard InChI is InChI=1S/C20H20N4O5S/c1-20(2,3)12-4-5-15-16(10-21)19(30-17(15)8-12)22-18(25)11-6-13(23(26)27)9-14(7-11)24(28)29/h6-7,9,12H,4-5,8H2,1-3H3,(H,22,25). The van der Waals surface area contributed by atoms with Gasteiger partial charge < -0.3 is 5.32 Å². The SMILES string of the molecule is CC(C)(C)C1CCc2c(sc(NC(=O)c3cc([N+](=O)[O-])cc([N+](=O)[O-])c3)c2C#N)C1. The monoisotopic (exact) mass is 428 g/mol. The molecule has 1 amide bonds. The Morgan fingerprint density at radius 3 is 2.30 bits per heavy atom. The first-order valence-electron chi connectivity index (χ1n) is 9.31. The van der Waals surface area contributed by atoms with E-state index in [2.05, 4.69) is 32.2 Å². The average Bonchev–Trinajstić information content (AvgIpc) is 3.02. The quantitative estimate of drug-likeness (QED) is 0.546. The van der Waals surface area contributed by atoms with Gasteiger partial charge in [0, 0.05) is 17.0 Å². The van der Waals surface area contributed by atoms with Crippen LogP contribution in [0.5, 0.6) is 0 Å². The van der Waals surface area contributed by atoms with Crippen molar-refractivity contribution >= 4 is 33.6 Å². The van der Waals surface area contributed by atoms with Crippen LogP contribution in [0.25, 0.3) is 0 Å². The lowest BCUT2D eigenvalue weighted by atomic mass is 9.72. The number of fused-ring (bicyclic) bond motifs is 1. The van der Waals surface area contributed by atoms with Gasteiger partial charge >= 0.3 is 0 Å². The van der Waals surface area contributed by atoms with Gasteiger partial charge in [-0.1, -0.05) is 20.8 Å². The number of rotatable bonds is 4. The summed E-state index contributed by atoms with van der Waals surface area (Å²) in [6, 6.07) is 4.92. The fourth-order valence-electron chi connectivity index (χ4n) is 3.64. The molecule has 0 saturated carbocycles. The highest BCUT2D eigenvalue weighted by Gasteiger charge is 2.32. The molecule has 0 saturated heterocycles. The van der Waals surface area contributed by atoms with Crippen molar-refractivity contribution in [2.24, 2.45) is 11.3 Å². The second-order valence-electron chi connectivity index (χ2n) is 8.33. The van der Waals surface area contributed by atoms with Crippen molar-refractivity contribution in [1.29, 1.82) is 5.26 Å². The summed E-state index contributed by atoms with van der Waals surface area (Å²) in [4.78, 5) is 34.3. The third-order valence-electron chi connectivity index (χ3n) is 5.42. The van der Waals surface area contributed by atoms with Gasteiger partial charge in [0.2, 0.25) is 0 Å². The second kappa shape index (κ2) is 7.84. The molecule has 0 radical (unpaired) electrons. The van der Waals surface area contributed by atoms with E-state index in [-0.39, 0.29) is 11.0 Å². The summed E-state index contributed by atoms with van der Waals surface area (Å²) in [6.07, 6.45) is 2.51. The lowest BCUT2D eigenvalue weighted by molar-refractivity contribution is -0.394. The molecule has 3 rings (SSSR count). The molecule has 1 atom stereocenters. The van der Waals surface area contributed by atoms with E-state index >= 15 is 0 Å². The van der Waals surface area contributed by atoms with Crippen molar-refractivity contribution < 1.29 is 14.6 Å². The number of non-ortho nitro benzene ring substituents is 2. The van der Waals surface area contributed by atoms with Gasteiger partial charge in [-0.3, -0.25) is 25.0 Å². The minimum absolute atomic E-state index is 0.125. The lowest BCUT2D eigenvalue weighted by Crippen LogP contribution is -2.26. The van der Waals surface area contributed by atoms with Crippen LogP contribution in [0.4, 0.5) is 16.4 Å². The number of nitro benzene ring substituents is 2. The van der Waals surface area contributed by atoms with Crippen LogP contribution in [0.3, 0.4) is 0 Å². The predicted molar refractivity (Wildman–Crippen MR) is 112 cm³/mol. The molecule has 1 aromatic carbocycles. The molecule has 10 heteroatoms. The summed E-state index contributed by atoms with van der Waals surface area (Å²) in [5, 5.41) is 34.8. The van der Waals surface area contributed by atoms with E-state index in [1.165, 1.54) is 11.3 Å². The number of anilines is 1. The maximum atomic E-state index is 12.7. The van der Waals surface area contributed by atoms with Gasteiger partial charge in [-0.05, 0) is 36.2 Å². The van der Waals surface area contributed by atoms with Crippen molar-refractivity contribution in [3.05, 3.63) is 60.0 Å². The zero-order valence-electron chi connectivity index (χ0n) is 16.7. The van der Waals surface area contributed by atoms with E-state index in [0.717, 1.165) is 47.9 Å². The normalized spacial score (nSPS) is 15.7. The average molecular weight is 428 g/mol. The van der Waals surface area contributed by atoms with Gasteiger partial charge in [0.1, 0.15) is 11.1 Å². The Bertz CT molecular complexity index is 1060. The molecule has 9 nitrogen and oxygen atoms in total. The Balaban J connectivity index is 1.93.